The molecule has 0 unspecified atom stereocenters. The van der Waals surface area contributed by atoms with Crippen LogP contribution >= 0.6 is 0 Å². The Bertz CT molecular complexity index is 582. The van der Waals surface area contributed by atoms with Crippen LogP contribution in [-0.2, 0) is 6.42 Å². The van der Waals surface area contributed by atoms with E-state index in [4.69, 9.17) is 5.73 Å². The van der Waals surface area contributed by atoms with E-state index >= 15 is 0 Å². The number of nitrogens with two attached hydrogens (primary N) is 1. The van der Waals surface area contributed by atoms with E-state index in [0.29, 0.717) is 17.9 Å². The third-order valence-electron chi connectivity index (χ3n) is 3.00. The highest BCUT2D eigenvalue weighted by Crippen LogP contribution is 2.18. The quantitative estimate of drug-likeness (QED) is 0.747. The Morgan fingerprint density at radius 3 is 2.60 bits per heavy atom. The number of amides is 2. The van der Waals surface area contributed by atoms with Crippen LogP contribution in [0, 0.1) is 6.92 Å². The molecule has 2 amide bonds. The Hall–Kier alpha value is -2.49. The molecule has 20 heavy (non-hydrogen) atoms. The zero-order valence-corrected chi connectivity index (χ0v) is 11.5. The molecule has 104 valence electrons. The second kappa shape index (κ2) is 6.61. The normalized spacial score (nSPS) is 10.1. The summed E-state index contributed by atoms with van der Waals surface area (Å²) in [6.07, 6.45) is 0.803. The monoisotopic (exact) mass is 269 g/mol. The maximum absolute atomic E-state index is 11.8. The molecule has 2 rings (SSSR count). The van der Waals surface area contributed by atoms with E-state index in [0.717, 1.165) is 12.0 Å². The van der Waals surface area contributed by atoms with Gasteiger partial charge in [-0.05, 0) is 36.6 Å². The van der Waals surface area contributed by atoms with Crippen LogP contribution in [0.25, 0.3) is 0 Å². The minimum atomic E-state index is -0.239. The number of hydrogen-bond donors (Lipinski definition) is 3. The summed E-state index contributed by atoms with van der Waals surface area (Å²) in [6, 6.07) is 15.3. The van der Waals surface area contributed by atoms with Crippen molar-refractivity contribution >= 4 is 17.4 Å². The van der Waals surface area contributed by atoms with Crippen molar-refractivity contribution in [1.82, 2.24) is 5.32 Å². The summed E-state index contributed by atoms with van der Waals surface area (Å²) in [7, 11) is 0. The van der Waals surface area contributed by atoms with Gasteiger partial charge in [0.2, 0.25) is 0 Å². The minimum Gasteiger partial charge on any atom is -0.397 e. The molecule has 0 saturated heterocycles. The highest BCUT2D eigenvalue weighted by molar-refractivity contribution is 5.92. The lowest BCUT2D eigenvalue weighted by Gasteiger charge is -2.10. The van der Waals surface area contributed by atoms with E-state index in [9.17, 15) is 4.79 Å². The molecular formula is C16H19N3O. The van der Waals surface area contributed by atoms with Gasteiger partial charge in [-0.1, -0.05) is 36.4 Å². The number of aryl methyl sites for hydroxylation is 1. The number of benzene rings is 2. The second-order valence-corrected chi connectivity index (χ2v) is 4.71. The zero-order chi connectivity index (χ0) is 14.4. The summed E-state index contributed by atoms with van der Waals surface area (Å²) in [4.78, 5) is 11.8. The molecule has 0 spiro atoms. The number of rotatable bonds is 4. The average Bonchev–Trinajstić information content (AvgIpc) is 2.43. The predicted molar refractivity (Wildman–Crippen MR) is 82.8 cm³/mol. The Balaban J connectivity index is 1.81. The van der Waals surface area contributed by atoms with E-state index in [2.05, 4.69) is 10.6 Å². The van der Waals surface area contributed by atoms with Crippen molar-refractivity contribution in [1.29, 1.82) is 0 Å². The molecular weight excluding hydrogens is 250 g/mol. The second-order valence-electron chi connectivity index (χ2n) is 4.71. The topological polar surface area (TPSA) is 67.2 Å². The lowest BCUT2D eigenvalue weighted by atomic mass is 10.1. The lowest BCUT2D eigenvalue weighted by molar-refractivity contribution is 0.252. The molecule has 0 bridgehead atoms. The molecule has 2 aromatic carbocycles. The number of nitrogen functional groups attached to an aromatic ring is 1. The van der Waals surface area contributed by atoms with Crippen LogP contribution in [-0.4, -0.2) is 12.6 Å². The van der Waals surface area contributed by atoms with Gasteiger partial charge in [-0.2, -0.15) is 0 Å². The third-order valence-corrected chi connectivity index (χ3v) is 3.00. The number of anilines is 2. The van der Waals surface area contributed by atoms with E-state index in [-0.39, 0.29) is 6.03 Å². The van der Waals surface area contributed by atoms with Gasteiger partial charge >= 0.3 is 6.03 Å². The predicted octanol–water partition coefficient (Wildman–Crippen LogP) is 2.94. The molecule has 0 aromatic heterocycles. The Morgan fingerprint density at radius 2 is 1.90 bits per heavy atom. The SMILES string of the molecule is Cc1ccc(NC(=O)NCCc2ccccc2)c(N)c1. The van der Waals surface area contributed by atoms with Crippen LogP contribution in [0.4, 0.5) is 16.2 Å². The van der Waals surface area contributed by atoms with Crippen LogP contribution in [0.1, 0.15) is 11.1 Å². The molecule has 0 radical (unpaired) electrons. The number of carbonyl (C=O) groups is 1. The van der Waals surface area contributed by atoms with Crippen LogP contribution in [0.2, 0.25) is 0 Å². The molecule has 0 saturated carbocycles. The maximum Gasteiger partial charge on any atom is 0.319 e. The fraction of sp³-hybridized carbons (Fsp3) is 0.188. The molecule has 0 heterocycles. The first-order chi connectivity index (χ1) is 9.65. The average molecular weight is 269 g/mol. The summed E-state index contributed by atoms with van der Waals surface area (Å²) in [5.41, 5.74) is 9.32. The fourth-order valence-electron chi connectivity index (χ4n) is 1.93. The minimum absolute atomic E-state index is 0.239. The smallest absolute Gasteiger partial charge is 0.319 e. The van der Waals surface area contributed by atoms with Crippen LogP contribution in [0.5, 0.6) is 0 Å². The first-order valence-electron chi connectivity index (χ1n) is 6.60. The summed E-state index contributed by atoms with van der Waals surface area (Å²) < 4.78 is 0. The highest BCUT2D eigenvalue weighted by Gasteiger charge is 2.04. The standard InChI is InChI=1S/C16H19N3O/c1-12-7-8-15(14(17)11-12)19-16(20)18-10-9-13-5-3-2-4-6-13/h2-8,11H,9-10,17H2,1H3,(H2,18,19,20). The van der Waals surface area contributed by atoms with Gasteiger partial charge < -0.3 is 16.4 Å². The molecule has 0 aliphatic rings. The Kier molecular flexibility index (Phi) is 4.60. The van der Waals surface area contributed by atoms with E-state index in [1.54, 1.807) is 6.07 Å². The summed E-state index contributed by atoms with van der Waals surface area (Å²) in [5, 5.41) is 5.56. The van der Waals surface area contributed by atoms with Crippen molar-refractivity contribution in [2.75, 3.05) is 17.6 Å². The largest absolute Gasteiger partial charge is 0.397 e. The van der Waals surface area contributed by atoms with Gasteiger partial charge in [-0.3, -0.25) is 0 Å². The van der Waals surface area contributed by atoms with Gasteiger partial charge in [0.15, 0.2) is 0 Å². The Morgan fingerprint density at radius 1 is 1.15 bits per heavy atom. The molecule has 0 aliphatic carbocycles. The van der Waals surface area contributed by atoms with Crippen molar-refractivity contribution in [3.63, 3.8) is 0 Å². The molecule has 2 aromatic rings. The van der Waals surface area contributed by atoms with Gasteiger partial charge in [0.05, 0.1) is 11.4 Å². The summed E-state index contributed by atoms with van der Waals surface area (Å²) in [5.74, 6) is 0. The van der Waals surface area contributed by atoms with Crippen molar-refractivity contribution in [3.8, 4) is 0 Å². The lowest BCUT2D eigenvalue weighted by Crippen LogP contribution is -2.30. The van der Waals surface area contributed by atoms with Crippen molar-refractivity contribution < 1.29 is 4.79 Å². The number of nitrogens with one attached hydrogen (secondary N) is 2. The van der Waals surface area contributed by atoms with Crippen molar-refractivity contribution in [3.05, 3.63) is 59.7 Å². The van der Waals surface area contributed by atoms with Crippen LogP contribution in [0.15, 0.2) is 48.5 Å². The van der Waals surface area contributed by atoms with Crippen LogP contribution < -0.4 is 16.4 Å². The third kappa shape index (κ3) is 4.02. The Labute approximate surface area is 119 Å². The van der Waals surface area contributed by atoms with Gasteiger partial charge in [-0.15, -0.1) is 0 Å². The maximum atomic E-state index is 11.8. The number of urea groups is 1. The fourth-order valence-corrected chi connectivity index (χ4v) is 1.93. The molecule has 0 aliphatic heterocycles. The molecule has 0 atom stereocenters. The van der Waals surface area contributed by atoms with Gasteiger partial charge in [-0.25, -0.2) is 4.79 Å². The van der Waals surface area contributed by atoms with E-state index < -0.39 is 0 Å². The van der Waals surface area contributed by atoms with Gasteiger partial charge in [0.25, 0.3) is 0 Å². The highest BCUT2D eigenvalue weighted by atomic mass is 16.2. The van der Waals surface area contributed by atoms with Crippen molar-refractivity contribution in [2.24, 2.45) is 0 Å². The molecule has 0 fully saturated rings. The summed E-state index contributed by atoms with van der Waals surface area (Å²) >= 11 is 0. The zero-order valence-electron chi connectivity index (χ0n) is 11.5. The van der Waals surface area contributed by atoms with Gasteiger partial charge in [0.1, 0.15) is 0 Å². The van der Waals surface area contributed by atoms with E-state index in [1.807, 2.05) is 49.4 Å². The molecule has 4 N–H and O–H groups in total. The van der Waals surface area contributed by atoms with E-state index in [1.165, 1.54) is 5.56 Å². The van der Waals surface area contributed by atoms with Crippen LogP contribution in [0.3, 0.4) is 0 Å². The summed E-state index contributed by atoms with van der Waals surface area (Å²) in [6.45, 7) is 2.54. The van der Waals surface area contributed by atoms with Crippen molar-refractivity contribution in [2.45, 2.75) is 13.3 Å². The number of hydrogen-bond acceptors (Lipinski definition) is 2. The first kappa shape index (κ1) is 13.9. The first-order valence-corrected chi connectivity index (χ1v) is 6.60. The number of carbonyl (C=O) groups excluding carboxylic acids is 1. The van der Waals surface area contributed by atoms with Gasteiger partial charge in [0, 0.05) is 6.54 Å². The molecule has 4 nitrogen and oxygen atoms in total. The molecule has 4 heteroatoms.